The van der Waals surface area contributed by atoms with Gasteiger partial charge in [-0.3, -0.25) is 0 Å². The highest BCUT2D eigenvalue weighted by molar-refractivity contribution is 9.10. The standard InChI is InChI=1S/C33H20BrN3O/c34-25-17-14-21(15-18-25)26-12-7-13-28-27-19-16-24(20-29(27)38-30(26)28)33-36-31(22-8-3-1-4-9-22)35-32(37-33)23-10-5-2-6-11-23/h1-20H. The number of halogens is 1. The molecule has 38 heavy (non-hydrogen) atoms. The molecule has 4 nitrogen and oxygen atoms in total. The van der Waals surface area contributed by atoms with Gasteiger partial charge in [-0.2, -0.15) is 0 Å². The highest BCUT2D eigenvalue weighted by Crippen LogP contribution is 2.37. The normalized spacial score (nSPS) is 11.3. The van der Waals surface area contributed by atoms with Crippen LogP contribution in [0.4, 0.5) is 0 Å². The third kappa shape index (κ3) is 4.07. The Bertz CT molecular complexity index is 1860. The Morgan fingerprint density at radius 2 is 1.05 bits per heavy atom. The van der Waals surface area contributed by atoms with Gasteiger partial charge in [0.15, 0.2) is 17.5 Å². The lowest BCUT2D eigenvalue weighted by Gasteiger charge is -2.08. The van der Waals surface area contributed by atoms with Gasteiger partial charge < -0.3 is 4.42 Å². The molecule has 2 aromatic heterocycles. The summed E-state index contributed by atoms with van der Waals surface area (Å²) in [6, 6.07) is 40.7. The number of para-hydroxylation sites is 1. The number of hydrogen-bond donors (Lipinski definition) is 0. The van der Waals surface area contributed by atoms with E-state index in [4.69, 9.17) is 19.4 Å². The molecule has 0 aliphatic rings. The lowest BCUT2D eigenvalue weighted by atomic mass is 10.0. The van der Waals surface area contributed by atoms with Crippen molar-refractivity contribution in [3.63, 3.8) is 0 Å². The van der Waals surface area contributed by atoms with Crippen LogP contribution in [0.25, 0.3) is 67.2 Å². The van der Waals surface area contributed by atoms with Gasteiger partial charge >= 0.3 is 0 Å². The molecule has 7 aromatic rings. The van der Waals surface area contributed by atoms with E-state index in [1.165, 1.54) is 0 Å². The fraction of sp³-hybridized carbons (Fsp3) is 0. The molecular formula is C33H20BrN3O. The second-order valence-corrected chi connectivity index (χ2v) is 9.96. The van der Waals surface area contributed by atoms with E-state index >= 15 is 0 Å². The maximum absolute atomic E-state index is 6.48. The summed E-state index contributed by atoms with van der Waals surface area (Å²) in [6.45, 7) is 0. The zero-order valence-corrected chi connectivity index (χ0v) is 21.8. The molecule has 0 saturated heterocycles. The van der Waals surface area contributed by atoms with E-state index in [9.17, 15) is 0 Å². The number of aromatic nitrogens is 3. The molecular weight excluding hydrogens is 534 g/mol. The summed E-state index contributed by atoms with van der Waals surface area (Å²) >= 11 is 3.53. The first kappa shape index (κ1) is 22.6. The Balaban J connectivity index is 1.40. The van der Waals surface area contributed by atoms with E-state index in [0.29, 0.717) is 17.5 Å². The van der Waals surface area contributed by atoms with Gasteiger partial charge in [0.1, 0.15) is 11.2 Å². The molecule has 5 heteroatoms. The number of hydrogen-bond acceptors (Lipinski definition) is 4. The van der Waals surface area contributed by atoms with E-state index in [1.54, 1.807) is 0 Å². The highest BCUT2D eigenvalue weighted by atomic mass is 79.9. The molecule has 0 saturated carbocycles. The molecule has 7 rings (SSSR count). The van der Waals surface area contributed by atoms with Crippen molar-refractivity contribution in [2.45, 2.75) is 0 Å². The third-order valence-corrected chi connectivity index (χ3v) is 7.14. The van der Waals surface area contributed by atoms with Crippen LogP contribution < -0.4 is 0 Å². The van der Waals surface area contributed by atoms with Gasteiger partial charge in [0.2, 0.25) is 0 Å². The zero-order chi connectivity index (χ0) is 25.5. The number of benzene rings is 5. The molecule has 0 atom stereocenters. The van der Waals surface area contributed by atoms with Gasteiger partial charge in [0.25, 0.3) is 0 Å². The fourth-order valence-corrected chi connectivity index (χ4v) is 5.00. The van der Waals surface area contributed by atoms with Crippen LogP contribution in [0.15, 0.2) is 130 Å². The minimum absolute atomic E-state index is 0.605. The number of nitrogens with zero attached hydrogens (tertiary/aromatic N) is 3. The second kappa shape index (κ2) is 9.36. The fourth-order valence-electron chi connectivity index (χ4n) is 4.73. The molecule has 0 radical (unpaired) electrons. The molecule has 0 spiro atoms. The predicted molar refractivity (Wildman–Crippen MR) is 157 cm³/mol. The van der Waals surface area contributed by atoms with Crippen LogP contribution in [-0.4, -0.2) is 15.0 Å². The van der Waals surface area contributed by atoms with Crippen LogP contribution in [-0.2, 0) is 0 Å². The maximum atomic E-state index is 6.48. The number of rotatable bonds is 4. The van der Waals surface area contributed by atoms with Crippen LogP contribution in [0.2, 0.25) is 0 Å². The van der Waals surface area contributed by atoms with Gasteiger partial charge in [-0.25, -0.2) is 15.0 Å². The summed E-state index contributed by atoms with van der Waals surface area (Å²) in [7, 11) is 0. The van der Waals surface area contributed by atoms with Crippen LogP contribution >= 0.6 is 15.9 Å². The number of fused-ring (bicyclic) bond motifs is 3. The molecule has 5 aromatic carbocycles. The van der Waals surface area contributed by atoms with E-state index < -0.39 is 0 Å². The first-order valence-corrected chi connectivity index (χ1v) is 13.1. The molecule has 0 amide bonds. The lowest BCUT2D eigenvalue weighted by molar-refractivity contribution is 0.670. The van der Waals surface area contributed by atoms with Gasteiger partial charge in [0.05, 0.1) is 0 Å². The van der Waals surface area contributed by atoms with Gasteiger partial charge in [-0.15, -0.1) is 0 Å². The van der Waals surface area contributed by atoms with Crippen molar-refractivity contribution >= 4 is 37.9 Å². The second-order valence-electron chi connectivity index (χ2n) is 9.04. The predicted octanol–water partition coefficient (Wildman–Crippen LogP) is 9.20. The van der Waals surface area contributed by atoms with Crippen molar-refractivity contribution in [1.29, 1.82) is 0 Å². The summed E-state index contributed by atoms with van der Waals surface area (Å²) in [5, 5.41) is 2.14. The smallest absolute Gasteiger partial charge is 0.164 e. The van der Waals surface area contributed by atoms with Crippen molar-refractivity contribution < 1.29 is 4.42 Å². The van der Waals surface area contributed by atoms with E-state index in [1.807, 2.05) is 78.9 Å². The molecule has 0 aliphatic heterocycles. The summed E-state index contributed by atoms with van der Waals surface area (Å²) in [5.41, 5.74) is 6.59. The van der Waals surface area contributed by atoms with Crippen LogP contribution in [0.5, 0.6) is 0 Å². The third-order valence-electron chi connectivity index (χ3n) is 6.61. The quantitative estimate of drug-likeness (QED) is 0.218. The van der Waals surface area contributed by atoms with Crippen LogP contribution in [0.1, 0.15) is 0 Å². The van der Waals surface area contributed by atoms with Crippen molar-refractivity contribution in [3.8, 4) is 45.3 Å². The van der Waals surface area contributed by atoms with E-state index in [0.717, 1.165) is 54.2 Å². The van der Waals surface area contributed by atoms with Gasteiger partial charge in [-0.1, -0.05) is 113 Å². The summed E-state index contributed by atoms with van der Waals surface area (Å²) in [4.78, 5) is 14.5. The Kier molecular flexibility index (Phi) is 5.56. The Labute approximate surface area is 227 Å². The Morgan fingerprint density at radius 3 is 1.68 bits per heavy atom. The highest BCUT2D eigenvalue weighted by Gasteiger charge is 2.16. The SMILES string of the molecule is Brc1ccc(-c2cccc3c2oc2cc(-c4nc(-c5ccccc5)nc(-c5ccccc5)n4)ccc23)cc1. The molecule has 0 aliphatic carbocycles. The minimum Gasteiger partial charge on any atom is -0.455 e. The average Bonchev–Trinajstić information content (AvgIpc) is 3.36. The van der Waals surface area contributed by atoms with Crippen molar-refractivity contribution in [1.82, 2.24) is 15.0 Å². The van der Waals surface area contributed by atoms with Crippen LogP contribution in [0.3, 0.4) is 0 Å². The summed E-state index contributed by atoms with van der Waals surface area (Å²) < 4.78 is 7.52. The largest absolute Gasteiger partial charge is 0.455 e. The first-order chi connectivity index (χ1) is 18.7. The number of furan rings is 1. The molecule has 0 N–H and O–H groups in total. The van der Waals surface area contributed by atoms with E-state index in [2.05, 4.69) is 58.4 Å². The zero-order valence-electron chi connectivity index (χ0n) is 20.2. The van der Waals surface area contributed by atoms with Crippen molar-refractivity contribution in [3.05, 3.63) is 126 Å². The van der Waals surface area contributed by atoms with E-state index in [-0.39, 0.29) is 0 Å². The minimum atomic E-state index is 0.605. The molecule has 0 fully saturated rings. The van der Waals surface area contributed by atoms with Crippen LogP contribution in [0, 0.1) is 0 Å². The lowest BCUT2D eigenvalue weighted by Crippen LogP contribution is -2.00. The molecule has 0 bridgehead atoms. The van der Waals surface area contributed by atoms with Gasteiger partial charge in [-0.05, 0) is 29.8 Å². The Morgan fingerprint density at radius 1 is 0.474 bits per heavy atom. The van der Waals surface area contributed by atoms with Gasteiger partial charge in [0, 0.05) is 37.5 Å². The molecule has 0 unspecified atom stereocenters. The average molecular weight is 554 g/mol. The molecule has 2 heterocycles. The topological polar surface area (TPSA) is 51.8 Å². The monoisotopic (exact) mass is 553 g/mol. The summed E-state index contributed by atoms with van der Waals surface area (Å²) in [6.07, 6.45) is 0. The summed E-state index contributed by atoms with van der Waals surface area (Å²) in [5.74, 6) is 1.88. The maximum Gasteiger partial charge on any atom is 0.164 e. The Hall–Kier alpha value is -4.61. The van der Waals surface area contributed by atoms with Crippen molar-refractivity contribution in [2.24, 2.45) is 0 Å². The molecule has 180 valence electrons. The first-order valence-electron chi connectivity index (χ1n) is 12.3. The van der Waals surface area contributed by atoms with Crippen molar-refractivity contribution in [2.75, 3.05) is 0 Å².